The number of hydrogen-bond acceptors (Lipinski definition) is 4. The first kappa shape index (κ1) is 13.6. The normalized spacial score (nSPS) is 30.7. The number of anilines is 1. The van der Waals surface area contributed by atoms with Crippen molar-refractivity contribution in [3.05, 3.63) is 22.7 Å². The Kier molecular flexibility index (Phi) is 3.96. The fourth-order valence-corrected chi connectivity index (χ4v) is 4.45. The molecule has 2 saturated heterocycles. The Morgan fingerprint density at radius 3 is 3.16 bits per heavy atom. The number of nitrogens with two attached hydrogens (primary N) is 1. The first-order chi connectivity index (χ1) is 9.17. The molecule has 2 N–H and O–H groups in total. The van der Waals surface area contributed by atoms with Crippen molar-refractivity contribution in [1.29, 1.82) is 0 Å². The largest absolute Gasteiger partial charge is 0.489 e. The van der Waals surface area contributed by atoms with Crippen molar-refractivity contribution in [2.75, 3.05) is 23.8 Å². The van der Waals surface area contributed by atoms with Crippen LogP contribution in [0.15, 0.2) is 22.7 Å². The highest BCUT2D eigenvalue weighted by atomic mass is 79.9. The highest BCUT2D eigenvalue weighted by Crippen LogP contribution is 2.40. The van der Waals surface area contributed by atoms with E-state index in [9.17, 15) is 0 Å². The van der Waals surface area contributed by atoms with Gasteiger partial charge in [0.05, 0.1) is 16.7 Å². The van der Waals surface area contributed by atoms with Crippen LogP contribution in [0, 0.1) is 0 Å². The lowest BCUT2D eigenvalue weighted by Crippen LogP contribution is -2.43. The Balaban J connectivity index is 1.70. The van der Waals surface area contributed by atoms with E-state index in [1.165, 1.54) is 5.75 Å². The van der Waals surface area contributed by atoms with Gasteiger partial charge in [-0.15, -0.1) is 0 Å². The Labute approximate surface area is 126 Å². The molecule has 0 aromatic heterocycles. The molecular weight excluding hydrogens is 326 g/mol. The molecule has 0 amide bonds. The fraction of sp³-hybridized carbons (Fsp3) is 0.571. The molecule has 0 radical (unpaired) electrons. The maximum atomic E-state index is 6.14. The highest BCUT2D eigenvalue weighted by molar-refractivity contribution is 9.10. The molecule has 2 fully saturated rings. The quantitative estimate of drug-likeness (QED) is 0.835. The Bertz CT molecular complexity index is 463. The van der Waals surface area contributed by atoms with Crippen molar-refractivity contribution in [2.24, 2.45) is 0 Å². The summed E-state index contributed by atoms with van der Waals surface area (Å²) in [4.78, 5) is 0. The first-order valence-corrected chi connectivity index (χ1v) is 8.55. The minimum Gasteiger partial charge on any atom is -0.489 e. The number of hydrogen-bond donors (Lipinski definition) is 1. The minimum atomic E-state index is 0.0559. The summed E-state index contributed by atoms with van der Waals surface area (Å²) in [7, 11) is 0. The van der Waals surface area contributed by atoms with E-state index in [4.69, 9.17) is 15.2 Å². The number of nitrogen functional groups attached to an aromatic ring is 1. The average molecular weight is 344 g/mol. The number of benzene rings is 1. The van der Waals surface area contributed by atoms with Crippen molar-refractivity contribution < 1.29 is 9.47 Å². The standard InChI is InChI=1S/C14H18BrNO2S/c15-12-2-1-10(16)7-13(12)18-11-3-5-17-14(8-11)4-6-19-9-14/h1-2,7,11H,3-6,8-9,16H2. The summed E-state index contributed by atoms with van der Waals surface area (Å²) in [6.45, 7) is 0.797. The molecule has 3 nitrogen and oxygen atoms in total. The molecular formula is C14H18BrNO2S. The van der Waals surface area contributed by atoms with Gasteiger partial charge >= 0.3 is 0 Å². The second-order valence-electron chi connectivity index (χ2n) is 5.26. The SMILES string of the molecule is Nc1ccc(Br)c(OC2CCOC3(CCSC3)C2)c1. The van der Waals surface area contributed by atoms with E-state index in [0.29, 0.717) is 0 Å². The predicted molar refractivity (Wildman–Crippen MR) is 82.8 cm³/mol. The van der Waals surface area contributed by atoms with E-state index in [1.807, 2.05) is 30.0 Å². The van der Waals surface area contributed by atoms with Gasteiger partial charge < -0.3 is 15.2 Å². The summed E-state index contributed by atoms with van der Waals surface area (Å²) in [5.74, 6) is 3.15. The van der Waals surface area contributed by atoms with Crippen LogP contribution in [0.3, 0.4) is 0 Å². The molecule has 0 bridgehead atoms. The van der Waals surface area contributed by atoms with Gasteiger partial charge in [-0.25, -0.2) is 0 Å². The predicted octanol–water partition coefficient (Wildman–Crippen LogP) is 3.46. The summed E-state index contributed by atoms with van der Waals surface area (Å²) < 4.78 is 13.1. The van der Waals surface area contributed by atoms with Crippen LogP contribution >= 0.6 is 27.7 Å². The molecule has 19 heavy (non-hydrogen) atoms. The molecule has 0 saturated carbocycles. The van der Waals surface area contributed by atoms with Crippen LogP contribution in [-0.4, -0.2) is 29.8 Å². The zero-order chi connectivity index (χ0) is 13.3. The van der Waals surface area contributed by atoms with Crippen LogP contribution in [0.5, 0.6) is 5.75 Å². The van der Waals surface area contributed by atoms with E-state index in [2.05, 4.69) is 15.9 Å². The van der Waals surface area contributed by atoms with Crippen molar-refractivity contribution in [3.8, 4) is 5.75 Å². The van der Waals surface area contributed by atoms with Crippen LogP contribution in [0.1, 0.15) is 19.3 Å². The van der Waals surface area contributed by atoms with Gasteiger partial charge in [0.25, 0.3) is 0 Å². The van der Waals surface area contributed by atoms with Crippen LogP contribution < -0.4 is 10.5 Å². The van der Waals surface area contributed by atoms with Crippen molar-refractivity contribution >= 4 is 33.4 Å². The smallest absolute Gasteiger partial charge is 0.135 e. The van der Waals surface area contributed by atoms with E-state index in [0.717, 1.165) is 47.5 Å². The monoisotopic (exact) mass is 343 g/mol. The molecule has 2 unspecified atom stereocenters. The maximum Gasteiger partial charge on any atom is 0.135 e. The average Bonchev–Trinajstić information content (AvgIpc) is 2.82. The van der Waals surface area contributed by atoms with Crippen LogP contribution in [0.4, 0.5) is 5.69 Å². The molecule has 2 aliphatic heterocycles. The second kappa shape index (κ2) is 5.54. The maximum absolute atomic E-state index is 6.14. The van der Waals surface area contributed by atoms with Crippen LogP contribution in [0.25, 0.3) is 0 Å². The third-order valence-electron chi connectivity index (χ3n) is 3.76. The molecule has 2 aliphatic rings. The number of halogens is 1. The number of rotatable bonds is 2. The molecule has 5 heteroatoms. The molecule has 1 aromatic carbocycles. The van der Waals surface area contributed by atoms with Crippen molar-refractivity contribution in [3.63, 3.8) is 0 Å². The zero-order valence-corrected chi connectivity index (χ0v) is 13.1. The van der Waals surface area contributed by atoms with Gasteiger partial charge in [-0.2, -0.15) is 11.8 Å². The summed E-state index contributed by atoms with van der Waals surface area (Å²) in [6, 6.07) is 5.69. The molecule has 3 rings (SSSR count). The summed E-state index contributed by atoms with van der Waals surface area (Å²) >= 11 is 5.50. The summed E-state index contributed by atoms with van der Waals surface area (Å²) in [6.07, 6.45) is 3.32. The van der Waals surface area contributed by atoms with Gasteiger partial charge in [0.15, 0.2) is 0 Å². The lowest BCUT2D eigenvalue weighted by molar-refractivity contribution is -0.0959. The molecule has 104 valence electrons. The topological polar surface area (TPSA) is 44.5 Å². The van der Waals surface area contributed by atoms with Gasteiger partial charge in [0.1, 0.15) is 11.9 Å². The summed E-state index contributed by atoms with van der Waals surface area (Å²) in [5.41, 5.74) is 6.61. The van der Waals surface area contributed by atoms with Crippen LogP contribution in [-0.2, 0) is 4.74 Å². The van der Waals surface area contributed by atoms with E-state index in [-0.39, 0.29) is 11.7 Å². The molecule has 1 spiro atoms. The lowest BCUT2D eigenvalue weighted by Gasteiger charge is -2.37. The van der Waals surface area contributed by atoms with Crippen LogP contribution in [0.2, 0.25) is 0 Å². The second-order valence-corrected chi connectivity index (χ2v) is 7.22. The number of ether oxygens (including phenoxy) is 2. The number of thioether (sulfide) groups is 1. The lowest BCUT2D eigenvalue weighted by atomic mass is 9.91. The van der Waals surface area contributed by atoms with Gasteiger partial charge in [0, 0.05) is 30.3 Å². The third kappa shape index (κ3) is 3.03. The molecule has 1 aromatic rings. The molecule has 2 atom stereocenters. The first-order valence-electron chi connectivity index (χ1n) is 6.60. The molecule has 0 aliphatic carbocycles. The van der Waals surface area contributed by atoms with E-state index in [1.54, 1.807) is 0 Å². The van der Waals surface area contributed by atoms with Gasteiger partial charge in [-0.05, 0) is 40.2 Å². The minimum absolute atomic E-state index is 0.0559. The van der Waals surface area contributed by atoms with Crippen molar-refractivity contribution in [1.82, 2.24) is 0 Å². The Morgan fingerprint density at radius 1 is 1.47 bits per heavy atom. The summed E-state index contributed by atoms with van der Waals surface area (Å²) in [5, 5.41) is 0. The van der Waals surface area contributed by atoms with Crippen molar-refractivity contribution in [2.45, 2.75) is 31.0 Å². The van der Waals surface area contributed by atoms with Gasteiger partial charge in [-0.3, -0.25) is 0 Å². The third-order valence-corrected chi connectivity index (χ3v) is 5.64. The highest BCUT2D eigenvalue weighted by Gasteiger charge is 2.41. The zero-order valence-electron chi connectivity index (χ0n) is 10.7. The van der Waals surface area contributed by atoms with E-state index >= 15 is 0 Å². The van der Waals surface area contributed by atoms with Gasteiger partial charge in [0.2, 0.25) is 0 Å². The Hall–Kier alpha value is -0.390. The van der Waals surface area contributed by atoms with Gasteiger partial charge in [-0.1, -0.05) is 0 Å². The Morgan fingerprint density at radius 2 is 2.37 bits per heavy atom. The molecule has 2 heterocycles. The fourth-order valence-electron chi connectivity index (χ4n) is 2.74. The van der Waals surface area contributed by atoms with E-state index < -0.39 is 0 Å².